The van der Waals surface area contributed by atoms with Gasteiger partial charge in [0.15, 0.2) is 11.3 Å². The van der Waals surface area contributed by atoms with E-state index in [0.29, 0.717) is 35.7 Å². The number of allylic oxidation sites excluding steroid dienone is 1. The molecule has 0 radical (unpaired) electrons. The molecule has 218 valence electrons. The van der Waals surface area contributed by atoms with Crippen LogP contribution in [0.2, 0.25) is 0 Å². The molecule has 2 aromatic heterocycles. The van der Waals surface area contributed by atoms with Crippen molar-refractivity contribution in [3.8, 4) is 22.4 Å². The highest BCUT2D eigenvalue weighted by molar-refractivity contribution is 7.14. The molecule has 1 aliphatic carbocycles. The fourth-order valence-corrected chi connectivity index (χ4v) is 7.46. The molecular weight excluding hydrogens is 555 g/mol. The minimum absolute atomic E-state index is 0.0115. The van der Waals surface area contributed by atoms with Gasteiger partial charge in [-0.15, -0.1) is 11.3 Å². The van der Waals surface area contributed by atoms with Crippen molar-refractivity contribution in [2.45, 2.75) is 51.1 Å². The van der Waals surface area contributed by atoms with E-state index in [0.717, 1.165) is 48.8 Å². The molecule has 1 N–H and O–H groups in total. The van der Waals surface area contributed by atoms with Gasteiger partial charge in [-0.25, -0.2) is 14.4 Å². The molecule has 1 aromatic carbocycles. The summed E-state index contributed by atoms with van der Waals surface area (Å²) in [5, 5.41) is 12.2. The standard InChI is InChI=1S/C32H33FN4O4S/c33-26-14-16-36(31(26)41)28-13-12-21(18-34-28)23-9-3-4-11-24(23)27-19-42-32(35-27)37-15-6-5-10-22(20-7-1-2-8-20)25(30(37)40)17-29(38)39/h3-6,9,11-13,18-20,22,25-26H,1-2,7-8,10,14-17H2,(H,38,39)/t22-,25-,26-/m0/s1. The van der Waals surface area contributed by atoms with E-state index >= 15 is 0 Å². The first-order chi connectivity index (χ1) is 20.4. The Kier molecular flexibility index (Phi) is 8.15. The molecule has 4 heterocycles. The van der Waals surface area contributed by atoms with Gasteiger partial charge >= 0.3 is 5.97 Å². The number of rotatable bonds is 7. The lowest BCUT2D eigenvalue weighted by molar-refractivity contribution is -0.142. The van der Waals surface area contributed by atoms with Gasteiger partial charge in [-0.05, 0) is 36.0 Å². The topological polar surface area (TPSA) is 104 Å². The van der Waals surface area contributed by atoms with E-state index < -0.39 is 24.0 Å². The van der Waals surface area contributed by atoms with Crippen molar-refractivity contribution in [1.82, 2.24) is 9.97 Å². The smallest absolute Gasteiger partial charge is 0.304 e. The van der Waals surface area contributed by atoms with Crippen molar-refractivity contribution in [1.29, 1.82) is 0 Å². The molecule has 2 amide bonds. The van der Waals surface area contributed by atoms with Gasteiger partial charge in [-0.3, -0.25) is 24.2 Å². The quantitative estimate of drug-likeness (QED) is 0.333. The molecular formula is C32H33FN4O4S. The Morgan fingerprint density at radius 1 is 1.00 bits per heavy atom. The van der Waals surface area contributed by atoms with Crippen molar-refractivity contribution < 1.29 is 23.9 Å². The fraction of sp³-hybridized carbons (Fsp3) is 0.406. The Morgan fingerprint density at radius 2 is 1.79 bits per heavy atom. The predicted molar refractivity (Wildman–Crippen MR) is 160 cm³/mol. The largest absolute Gasteiger partial charge is 0.481 e. The normalized spacial score (nSPS) is 23.4. The van der Waals surface area contributed by atoms with Gasteiger partial charge in [0, 0.05) is 42.2 Å². The molecule has 10 heteroatoms. The van der Waals surface area contributed by atoms with Crippen LogP contribution in [0.15, 0.2) is 60.1 Å². The molecule has 1 saturated carbocycles. The maximum atomic E-state index is 14.0. The molecule has 3 atom stereocenters. The summed E-state index contributed by atoms with van der Waals surface area (Å²) in [5.41, 5.74) is 3.26. The molecule has 6 rings (SSSR count). The summed E-state index contributed by atoms with van der Waals surface area (Å²) in [5.74, 6) is -1.46. The number of nitrogens with zero attached hydrogens (tertiary/aromatic N) is 4. The zero-order valence-electron chi connectivity index (χ0n) is 23.2. The highest BCUT2D eigenvalue weighted by atomic mass is 32.1. The van der Waals surface area contributed by atoms with Gasteiger partial charge < -0.3 is 5.11 Å². The Bertz CT molecular complexity index is 1500. The van der Waals surface area contributed by atoms with Crippen LogP contribution in [0, 0.1) is 17.8 Å². The van der Waals surface area contributed by atoms with Crippen LogP contribution in [0.5, 0.6) is 0 Å². The summed E-state index contributed by atoms with van der Waals surface area (Å²) >= 11 is 1.37. The second-order valence-corrected chi connectivity index (χ2v) is 12.1. The van der Waals surface area contributed by atoms with Crippen LogP contribution in [-0.4, -0.2) is 52.1 Å². The molecule has 1 saturated heterocycles. The number of thiazole rings is 1. The highest BCUT2D eigenvalue weighted by Gasteiger charge is 2.40. The SMILES string of the molecule is O=C(O)C[C@@H]1C(=O)N(c2nc(-c3ccccc3-c3ccc(N4CC[C@H](F)C4=O)nc3)cs2)CC=CC[C@H]1C1CCCC1. The second kappa shape index (κ2) is 12.1. The van der Waals surface area contributed by atoms with E-state index in [1.807, 2.05) is 41.8 Å². The van der Waals surface area contributed by atoms with Crippen molar-refractivity contribution in [3.05, 3.63) is 60.1 Å². The van der Waals surface area contributed by atoms with Crippen LogP contribution >= 0.6 is 11.3 Å². The monoisotopic (exact) mass is 588 g/mol. The molecule has 3 aliphatic rings. The third-order valence-corrected chi connectivity index (χ3v) is 9.63. The molecule has 2 aliphatic heterocycles. The fourth-order valence-electron chi connectivity index (χ4n) is 6.62. The lowest BCUT2D eigenvalue weighted by atomic mass is 9.75. The summed E-state index contributed by atoms with van der Waals surface area (Å²) < 4.78 is 13.7. The Morgan fingerprint density at radius 3 is 2.48 bits per heavy atom. The number of aliphatic carboxylic acids is 1. The highest BCUT2D eigenvalue weighted by Crippen LogP contribution is 2.41. The van der Waals surface area contributed by atoms with Crippen molar-refractivity contribution in [3.63, 3.8) is 0 Å². The third-order valence-electron chi connectivity index (χ3n) is 8.76. The maximum absolute atomic E-state index is 14.0. The molecule has 0 bridgehead atoms. The minimum atomic E-state index is -1.48. The number of carboxylic acid groups (broad SMARTS) is 1. The first kappa shape index (κ1) is 28.2. The molecule has 0 unspecified atom stereocenters. The summed E-state index contributed by atoms with van der Waals surface area (Å²) in [6.07, 6.45) is 9.36. The Hall–Kier alpha value is -3.92. The summed E-state index contributed by atoms with van der Waals surface area (Å²) in [4.78, 5) is 50.2. The average Bonchev–Trinajstić information content (AvgIpc) is 3.76. The van der Waals surface area contributed by atoms with E-state index in [9.17, 15) is 23.9 Å². The van der Waals surface area contributed by atoms with Gasteiger partial charge in [0.2, 0.25) is 5.91 Å². The first-order valence-corrected chi connectivity index (χ1v) is 15.4. The van der Waals surface area contributed by atoms with E-state index in [1.165, 1.54) is 16.2 Å². The first-order valence-electron chi connectivity index (χ1n) is 14.6. The molecule has 8 nitrogen and oxygen atoms in total. The number of alkyl halides is 1. The van der Waals surface area contributed by atoms with Gasteiger partial charge in [0.05, 0.1) is 18.0 Å². The van der Waals surface area contributed by atoms with Gasteiger partial charge in [-0.1, -0.05) is 62.1 Å². The van der Waals surface area contributed by atoms with Crippen LogP contribution in [-0.2, 0) is 14.4 Å². The van der Waals surface area contributed by atoms with Crippen LogP contribution in [0.4, 0.5) is 15.3 Å². The lowest BCUT2D eigenvalue weighted by Gasteiger charge is -2.34. The van der Waals surface area contributed by atoms with E-state index in [-0.39, 0.29) is 24.7 Å². The Labute approximate surface area is 247 Å². The molecule has 0 spiro atoms. The zero-order valence-corrected chi connectivity index (χ0v) is 24.0. The second-order valence-electron chi connectivity index (χ2n) is 11.3. The number of carbonyl (C=O) groups excluding carboxylic acids is 2. The number of anilines is 2. The number of halogens is 1. The van der Waals surface area contributed by atoms with Gasteiger partial charge in [-0.2, -0.15) is 0 Å². The number of benzene rings is 1. The summed E-state index contributed by atoms with van der Waals surface area (Å²) in [6, 6.07) is 11.3. The van der Waals surface area contributed by atoms with E-state index in [1.54, 1.807) is 17.2 Å². The number of pyridine rings is 1. The van der Waals surface area contributed by atoms with Crippen LogP contribution in [0.1, 0.15) is 44.9 Å². The Balaban J connectivity index is 1.28. The van der Waals surface area contributed by atoms with Gasteiger partial charge in [0.1, 0.15) is 5.82 Å². The number of aromatic nitrogens is 2. The molecule has 2 fully saturated rings. The van der Waals surface area contributed by atoms with Crippen molar-refractivity contribution in [2.24, 2.45) is 17.8 Å². The van der Waals surface area contributed by atoms with Crippen LogP contribution in [0.3, 0.4) is 0 Å². The van der Waals surface area contributed by atoms with Crippen molar-refractivity contribution in [2.75, 3.05) is 22.9 Å². The number of carbonyl (C=O) groups is 3. The molecule has 3 aromatic rings. The third kappa shape index (κ3) is 5.60. The summed E-state index contributed by atoms with van der Waals surface area (Å²) in [7, 11) is 0. The van der Waals surface area contributed by atoms with Crippen LogP contribution in [0.25, 0.3) is 22.4 Å². The molecule has 42 heavy (non-hydrogen) atoms. The minimum Gasteiger partial charge on any atom is -0.481 e. The van der Waals surface area contributed by atoms with Gasteiger partial charge in [0.25, 0.3) is 5.91 Å². The lowest BCUT2D eigenvalue weighted by Crippen LogP contribution is -2.43. The van der Waals surface area contributed by atoms with E-state index in [2.05, 4.69) is 11.1 Å². The number of carboxylic acids is 1. The van der Waals surface area contributed by atoms with Crippen LogP contribution < -0.4 is 9.80 Å². The zero-order chi connectivity index (χ0) is 29.2. The van der Waals surface area contributed by atoms with Crippen molar-refractivity contribution >= 4 is 40.1 Å². The maximum Gasteiger partial charge on any atom is 0.304 e. The van der Waals surface area contributed by atoms with E-state index in [4.69, 9.17) is 4.98 Å². The average molecular weight is 589 g/mol. The number of hydrogen-bond donors (Lipinski definition) is 1. The number of amides is 2. The predicted octanol–water partition coefficient (Wildman–Crippen LogP) is 6.14. The summed E-state index contributed by atoms with van der Waals surface area (Å²) in [6.45, 7) is 0.658. The number of hydrogen-bond acceptors (Lipinski definition) is 6.